The zero-order valence-electron chi connectivity index (χ0n) is 8.16. The van der Waals surface area contributed by atoms with Crippen molar-refractivity contribution >= 4 is 17.6 Å². The van der Waals surface area contributed by atoms with Crippen molar-refractivity contribution in [2.24, 2.45) is 0 Å². The van der Waals surface area contributed by atoms with Crippen molar-refractivity contribution in [3.63, 3.8) is 0 Å². The number of hydrogen-bond donors (Lipinski definition) is 1. The van der Waals surface area contributed by atoms with Crippen LogP contribution in [0.25, 0.3) is 0 Å². The van der Waals surface area contributed by atoms with Gasteiger partial charge in [0.15, 0.2) is 0 Å². The number of carbonyl (C=O) groups is 1. The molecule has 0 aromatic rings. The summed E-state index contributed by atoms with van der Waals surface area (Å²) in [4.78, 5) is 10.8. The fourth-order valence-corrected chi connectivity index (χ4v) is 0.669. The highest BCUT2D eigenvalue weighted by Gasteiger charge is 2.03. The summed E-state index contributed by atoms with van der Waals surface area (Å²) in [5.41, 5.74) is 0.353. The molecule has 0 aliphatic heterocycles. The molecule has 0 aromatic carbocycles. The molecule has 0 fully saturated rings. The second kappa shape index (κ2) is 7.79. The van der Waals surface area contributed by atoms with Gasteiger partial charge in [-0.2, -0.15) is 0 Å². The molecule has 1 unspecified atom stereocenters. The van der Waals surface area contributed by atoms with Gasteiger partial charge in [0.2, 0.25) is 0 Å². The number of alkyl halides is 1. The van der Waals surface area contributed by atoms with Crippen LogP contribution < -0.4 is 0 Å². The van der Waals surface area contributed by atoms with Crippen LogP contribution in [0.4, 0.5) is 0 Å². The van der Waals surface area contributed by atoms with E-state index in [2.05, 4.69) is 6.58 Å². The van der Waals surface area contributed by atoms with E-state index in [-0.39, 0.29) is 25.7 Å². The second-order valence-corrected chi connectivity index (χ2v) is 3.11. The summed E-state index contributed by atoms with van der Waals surface area (Å²) in [6.45, 7) is 5.54. The Labute approximate surface area is 88.5 Å². The molecule has 0 amide bonds. The lowest BCUT2D eigenvalue weighted by Gasteiger charge is -2.08. The van der Waals surface area contributed by atoms with Crippen molar-refractivity contribution in [2.75, 3.05) is 25.7 Å². The van der Waals surface area contributed by atoms with Gasteiger partial charge in [0.1, 0.15) is 6.61 Å². The van der Waals surface area contributed by atoms with Crippen LogP contribution in [-0.4, -0.2) is 42.9 Å². The van der Waals surface area contributed by atoms with E-state index in [9.17, 15) is 4.79 Å². The van der Waals surface area contributed by atoms with Crippen LogP contribution >= 0.6 is 11.6 Å². The molecular weight excluding hydrogens is 208 g/mol. The first kappa shape index (κ1) is 13.4. The summed E-state index contributed by atoms with van der Waals surface area (Å²) < 4.78 is 9.72. The molecule has 0 saturated heterocycles. The van der Waals surface area contributed by atoms with Gasteiger partial charge in [-0.05, 0) is 6.92 Å². The van der Waals surface area contributed by atoms with Gasteiger partial charge in [0.25, 0.3) is 0 Å². The third-order valence-electron chi connectivity index (χ3n) is 1.30. The number of aliphatic hydroxyl groups excluding tert-OH is 1. The second-order valence-electron chi connectivity index (χ2n) is 2.80. The minimum absolute atomic E-state index is 0.131. The van der Waals surface area contributed by atoms with Gasteiger partial charge >= 0.3 is 5.97 Å². The first-order valence-electron chi connectivity index (χ1n) is 4.22. The third kappa shape index (κ3) is 6.88. The Balaban J connectivity index is 3.30. The standard InChI is InChI=1S/C9H15ClO4/c1-7(2)9(12)14-4-3-13-6-8(11)5-10/h8,11H,1,3-6H2,2H3. The molecule has 82 valence electrons. The Kier molecular flexibility index (Phi) is 7.47. The summed E-state index contributed by atoms with van der Waals surface area (Å²) in [5.74, 6) is -0.308. The fourth-order valence-electron chi connectivity index (χ4n) is 0.580. The molecule has 1 N–H and O–H groups in total. The summed E-state index contributed by atoms with van der Waals surface area (Å²) in [6.07, 6.45) is -0.673. The van der Waals surface area contributed by atoms with Crippen LogP contribution in [0.3, 0.4) is 0 Å². The summed E-state index contributed by atoms with van der Waals surface area (Å²) in [6, 6.07) is 0. The molecule has 0 heterocycles. The zero-order chi connectivity index (χ0) is 11.0. The van der Waals surface area contributed by atoms with Crippen LogP contribution in [0, 0.1) is 0 Å². The van der Waals surface area contributed by atoms with Crippen LogP contribution in [0.5, 0.6) is 0 Å². The Hall–Kier alpha value is -0.580. The van der Waals surface area contributed by atoms with E-state index in [0.717, 1.165) is 0 Å². The molecule has 0 bridgehead atoms. The van der Waals surface area contributed by atoms with Crippen LogP contribution in [0.1, 0.15) is 6.92 Å². The number of ether oxygens (including phenoxy) is 2. The van der Waals surface area contributed by atoms with Crippen molar-refractivity contribution in [3.05, 3.63) is 12.2 Å². The summed E-state index contributed by atoms with van der Waals surface area (Å²) >= 11 is 5.33. The molecule has 0 aliphatic carbocycles. The van der Waals surface area contributed by atoms with Gasteiger partial charge in [-0.1, -0.05) is 6.58 Å². The quantitative estimate of drug-likeness (QED) is 0.299. The monoisotopic (exact) mass is 222 g/mol. The van der Waals surface area contributed by atoms with E-state index in [1.54, 1.807) is 6.92 Å². The molecule has 0 rings (SSSR count). The van der Waals surface area contributed by atoms with Gasteiger partial charge in [0.05, 0.1) is 25.2 Å². The summed E-state index contributed by atoms with van der Waals surface area (Å²) in [7, 11) is 0. The molecule has 1 atom stereocenters. The number of halogens is 1. The summed E-state index contributed by atoms with van der Waals surface area (Å²) in [5, 5.41) is 8.98. The lowest BCUT2D eigenvalue weighted by atomic mass is 10.4. The zero-order valence-corrected chi connectivity index (χ0v) is 8.92. The Morgan fingerprint density at radius 2 is 2.21 bits per heavy atom. The largest absolute Gasteiger partial charge is 0.460 e. The average Bonchev–Trinajstić information content (AvgIpc) is 2.16. The predicted octanol–water partition coefficient (Wildman–Crippen LogP) is 0.722. The van der Waals surface area contributed by atoms with Crippen molar-refractivity contribution in [1.29, 1.82) is 0 Å². The first-order valence-corrected chi connectivity index (χ1v) is 4.75. The van der Waals surface area contributed by atoms with Crippen molar-refractivity contribution in [2.45, 2.75) is 13.0 Å². The molecule has 14 heavy (non-hydrogen) atoms. The highest BCUT2D eigenvalue weighted by molar-refractivity contribution is 6.18. The SMILES string of the molecule is C=C(C)C(=O)OCCOCC(O)CCl. The van der Waals surface area contributed by atoms with E-state index < -0.39 is 12.1 Å². The van der Waals surface area contributed by atoms with Gasteiger partial charge in [0, 0.05) is 5.57 Å². The molecule has 4 nitrogen and oxygen atoms in total. The number of aliphatic hydroxyl groups is 1. The van der Waals surface area contributed by atoms with Gasteiger partial charge in [-0.15, -0.1) is 11.6 Å². The van der Waals surface area contributed by atoms with Crippen molar-refractivity contribution in [3.8, 4) is 0 Å². The van der Waals surface area contributed by atoms with Gasteiger partial charge in [-0.25, -0.2) is 4.79 Å². The molecule has 5 heteroatoms. The predicted molar refractivity (Wildman–Crippen MR) is 53.3 cm³/mol. The van der Waals surface area contributed by atoms with E-state index in [1.807, 2.05) is 0 Å². The Bertz CT molecular complexity index is 193. The maximum Gasteiger partial charge on any atom is 0.333 e. The van der Waals surface area contributed by atoms with E-state index in [1.165, 1.54) is 0 Å². The van der Waals surface area contributed by atoms with Gasteiger partial charge in [-0.3, -0.25) is 0 Å². The molecule has 0 spiro atoms. The molecule has 0 aliphatic rings. The van der Waals surface area contributed by atoms with Crippen molar-refractivity contribution < 1.29 is 19.4 Å². The van der Waals surface area contributed by atoms with E-state index >= 15 is 0 Å². The third-order valence-corrected chi connectivity index (χ3v) is 1.65. The fraction of sp³-hybridized carbons (Fsp3) is 0.667. The minimum Gasteiger partial charge on any atom is -0.460 e. The van der Waals surface area contributed by atoms with Gasteiger partial charge < -0.3 is 14.6 Å². The minimum atomic E-state index is -0.673. The smallest absolute Gasteiger partial charge is 0.333 e. The Morgan fingerprint density at radius 1 is 1.57 bits per heavy atom. The molecule has 0 radical (unpaired) electrons. The van der Waals surface area contributed by atoms with E-state index in [4.69, 9.17) is 26.2 Å². The number of hydrogen-bond acceptors (Lipinski definition) is 4. The number of carbonyl (C=O) groups excluding carboxylic acids is 1. The van der Waals surface area contributed by atoms with Crippen LogP contribution in [0.2, 0.25) is 0 Å². The van der Waals surface area contributed by atoms with Crippen molar-refractivity contribution in [1.82, 2.24) is 0 Å². The lowest BCUT2D eigenvalue weighted by molar-refractivity contribution is -0.140. The average molecular weight is 223 g/mol. The lowest BCUT2D eigenvalue weighted by Crippen LogP contribution is -2.19. The number of rotatable bonds is 7. The maximum absolute atomic E-state index is 10.8. The normalized spacial score (nSPS) is 12.2. The van der Waals surface area contributed by atoms with Crippen LogP contribution in [-0.2, 0) is 14.3 Å². The molecule has 0 saturated carbocycles. The maximum atomic E-state index is 10.8. The topological polar surface area (TPSA) is 55.8 Å². The van der Waals surface area contributed by atoms with E-state index in [0.29, 0.717) is 5.57 Å². The first-order chi connectivity index (χ1) is 6.57. The highest BCUT2D eigenvalue weighted by Crippen LogP contribution is 1.93. The van der Waals surface area contributed by atoms with Crippen LogP contribution in [0.15, 0.2) is 12.2 Å². The molecule has 0 aromatic heterocycles. The Morgan fingerprint density at radius 3 is 2.71 bits per heavy atom. The molecular formula is C9H15ClO4. The highest BCUT2D eigenvalue weighted by atomic mass is 35.5. The number of esters is 1.